The minimum absolute atomic E-state index is 0.174. The molecule has 0 aliphatic rings. The van der Waals surface area contributed by atoms with Gasteiger partial charge in [-0.15, -0.1) is 0 Å². The zero-order chi connectivity index (χ0) is 15.4. The summed E-state index contributed by atoms with van der Waals surface area (Å²) >= 11 is 0. The van der Waals surface area contributed by atoms with Crippen LogP contribution in [0.1, 0.15) is 28.9 Å². The Bertz CT molecular complexity index is 658. The number of rotatable bonds is 5. The summed E-state index contributed by atoms with van der Waals surface area (Å²) in [5.41, 5.74) is 1.18. The molecule has 0 fully saturated rings. The average molecular weight is 289 g/mol. The van der Waals surface area contributed by atoms with Crippen LogP contribution in [-0.2, 0) is 0 Å². The number of anilines is 1. The fraction of sp³-hybridized carbons (Fsp3) is 0.188. The van der Waals surface area contributed by atoms with Crippen LogP contribution >= 0.6 is 0 Å². The van der Waals surface area contributed by atoms with Gasteiger partial charge in [0, 0.05) is 5.69 Å². The molecule has 2 aromatic rings. The van der Waals surface area contributed by atoms with E-state index in [2.05, 4.69) is 5.32 Å². The molecule has 2 rings (SSSR count). The van der Waals surface area contributed by atoms with Crippen LogP contribution in [0.15, 0.2) is 42.5 Å². The van der Waals surface area contributed by atoms with Gasteiger partial charge in [0.15, 0.2) is 0 Å². The molecule has 0 bridgehead atoms. The van der Waals surface area contributed by atoms with Gasteiger partial charge in [0.05, 0.1) is 24.3 Å². The number of nitrogens with one attached hydrogen (secondary N) is 1. The van der Waals surface area contributed by atoms with E-state index in [4.69, 9.17) is 9.84 Å². The fourth-order valence-corrected chi connectivity index (χ4v) is 2.18. The second kappa shape index (κ2) is 6.26. The van der Waals surface area contributed by atoms with Crippen molar-refractivity contribution >= 4 is 11.7 Å². The normalized spacial score (nSPS) is 11.8. The first-order chi connectivity index (χ1) is 10.0. The molecule has 4 nitrogen and oxygen atoms in total. The summed E-state index contributed by atoms with van der Waals surface area (Å²) in [6.07, 6.45) is 0. The van der Waals surface area contributed by atoms with Crippen LogP contribution in [0.3, 0.4) is 0 Å². The van der Waals surface area contributed by atoms with E-state index in [1.807, 2.05) is 0 Å². The van der Waals surface area contributed by atoms with Crippen LogP contribution < -0.4 is 10.1 Å². The van der Waals surface area contributed by atoms with Crippen LogP contribution in [0.5, 0.6) is 5.75 Å². The summed E-state index contributed by atoms with van der Waals surface area (Å²) in [4.78, 5) is 11.0. The van der Waals surface area contributed by atoms with Crippen LogP contribution in [0, 0.1) is 5.82 Å². The molecule has 1 unspecified atom stereocenters. The average Bonchev–Trinajstić information content (AvgIpc) is 2.46. The van der Waals surface area contributed by atoms with Crippen molar-refractivity contribution < 1.29 is 19.0 Å². The lowest BCUT2D eigenvalue weighted by molar-refractivity contribution is 0.0697. The van der Waals surface area contributed by atoms with Gasteiger partial charge in [-0.1, -0.05) is 12.1 Å². The SMILES string of the molecule is COc1cccc(F)c1C(C)Nc1cccc(C(=O)O)c1. The van der Waals surface area contributed by atoms with Crippen molar-refractivity contribution in [2.75, 3.05) is 12.4 Å². The Hall–Kier alpha value is -2.56. The monoisotopic (exact) mass is 289 g/mol. The number of hydrogen-bond donors (Lipinski definition) is 2. The number of halogens is 1. The van der Waals surface area contributed by atoms with E-state index in [0.29, 0.717) is 17.0 Å². The minimum Gasteiger partial charge on any atom is -0.496 e. The fourth-order valence-electron chi connectivity index (χ4n) is 2.18. The molecule has 2 aromatic carbocycles. The summed E-state index contributed by atoms with van der Waals surface area (Å²) in [7, 11) is 1.48. The zero-order valence-electron chi connectivity index (χ0n) is 11.8. The van der Waals surface area contributed by atoms with Crippen LogP contribution in [0.4, 0.5) is 10.1 Å². The Morgan fingerprint density at radius 1 is 1.29 bits per heavy atom. The first-order valence-electron chi connectivity index (χ1n) is 6.45. The Kier molecular flexibility index (Phi) is 4.42. The van der Waals surface area contributed by atoms with Crippen molar-refractivity contribution in [3.63, 3.8) is 0 Å². The lowest BCUT2D eigenvalue weighted by atomic mass is 10.1. The van der Waals surface area contributed by atoms with E-state index in [-0.39, 0.29) is 17.4 Å². The van der Waals surface area contributed by atoms with Crippen molar-refractivity contribution in [1.29, 1.82) is 0 Å². The maximum absolute atomic E-state index is 14.0. The molecule has 0 aliphatic heterocycles. The highest BCUT2D eigenvalue weighted by Crippen LogP contribution is 2.30. The molecule has 0 radical (unpaired) electrons. The molecular weight excluding hydrogens is 273 g/mol. The van der Waals surface area contributed by atoms with Crippen molar-refractivity contribution in [2.45, 2.75) is 13.0 Å². The molecule has 5 heteroatoms. The summed E-state index contributed by atoms with van der Waals surface area (Å²) in [5, 5.41) is 12.1. The lowest BCUT2D eigenvalue weighted by Crippen LogP contribution is -2.11. The number of carboxylic acid groups (broad SMARTS) is 1. The Balaban J connectivity index is 2.28. The molecule has 0 heterocycles. The Morgan fingerprint density at radius 3 is 2.67 bits per heavy atom. The lowest BCUT2D eigenvalue weighted by Gasteiger charge is -2.19. The van der Waals surface area contributed by atoms with Gasteiger partial charge < -0.3 is 15.2 Å². The van der Waals surface area contributed by atoms with E-state index >= 15 is 0 Å². The third-order valence-electron chi connectivity index (χ3n) is 3.16. The molecular formula is C16H16FNO3. The largest absolute Gasteiger partial charge is 0.496 e. The highest BCUT2D eigenvalue weighted by molar-refractivity contribution is 5.88. The zero-order valence-corrected chi connectivity index (χ0v) is 11.8. The van der Waals surface area contributed by atoms with Gasteiger partial charge >= 0.3 is 5.97 Å². The predicted molar refractivity (Wildman–Crippen MR) is 78.4 cm³/mol. The van der Waals surface area contributed by atoms with E-state index in [1.54, 1.807) is 31.2 Å². The number of methoxy groups -OCH3 is 1. The highest BCUT2D eigenvalue weighted by atomic mass is 19.1. The van der Waals surface area contributed by atoms with Gasteiger partial charge in [0.25, 0.3) is 0 Å². The quantitative estimate of drug-likeness (QED) is 0.881. The maximum atomic E-state index is 14.0. The standard InChI is InChI=1S/C16H16FNO3/c1-10(15-13(17)7-4-8-14(15)21-2)18-12-6-3-5-11(9-12)16(19)20/h3-10,18H,1-2H3,(H,19,20). The van der Waals surface area contributed by atoms with Crippen molar-refractivity contribution in [2.24, 2.45) is 0 Å². The number of carbonyl (C=O) groups is 1. The molecule has 0 saturated heterocycles. The number of benzene rings is 2. The molecule has 0 amide bonds. The number of carboxylic acids is 1. The van der Waals surface area contributed by atoms with Crippen molar-refractivity contribution in [3.8, 4) is 5.75 Å². The van der Waals surface area contributed by atoms with Crippen LogP contribution in [0.2, 0.25) is 0 Å². The van der Waals surface area contributed by atoms with E-state index in [9.17, 15) is 9.18 Å². The number of hydrogen-bond acceptors (Lipinski definition) is 3. The molecule has 0 spiro atoms. The van der Waals surface area contributed by atoms with Gasteiger partial charge in [-0.3, -0.25) is 0 Å². The van der Waals surface area contributed by atoms with Gasteiger partial charge in [-0.2, -0.15) is 0 Å². The molecule has 1 atom stereocenters. The molecule has 0 saturated carbocycles. The van der Waals surface area contributed by atoms with Crippen LogP contribution in [0.25, 0.3) is 0 Å². The third-order valence-corrected chi connectivity index (χ3v) is 3.16. The minimum atomic E-state index is -1.00. The molecule has 110 valence electrons. The van der Waals surface area contributed by atoms with Crippen molar-refractivity contribution in [3.05, 3.63) is 59.4 Å². The highest BCUT2D eigenvalue weighted by Gasteiger charge is 2.16. The molecule has 0 aromatic heterocycles. The van der Waals surface area contributed by atoms with E-state index < -0.39 is 5.97 Å². The summed E-state index contributed by atoms with van der Waals surface area (Å²) < 4.78 is 19.2. The smallest absolute Gasteiger partial charge is 0.335 e. The van der Waals surface area contributed by atoms with E-state index in [0.717, 1.165) is 0 Å². The van der Waals surface area contributed by atoms with E-state index in [1.165, 1.54) is 25.3 Å². The first kappa shape index (κ1) is 14.8. The topological polar surface area (TPSA) is 58.6 Å². The number of aromatic carboxylic acids is 1. The second-order valence-corrected chi connectivity index (χ2v) is 4.61. The molecule has 0 aliphatic carbocycles. The van der Waals surface area contributed by atoms with Gasteiger partial charge in [0.2, 0.25) is 0 Å². The summed E-state index contributed by atoms with van der Waals surface area (Å²) in [6, 6.07) is 10.6. The second-order valence-electron chi connectivity index (χ2n) is 4.61. The summed E-state index contributed by atoms with van der Waals surface area (Å²) in [6.45, 7) is 1.79. The molecule has 21 heavy (non-hydrogen) atoms. The maximum Gasteiger partial charge on any atom is 0.335 e. The van der Waals surface area contributed by atoms with Crippen molar-refractivity contribution in [1.82, 2.24) is 0 Å². The summed E-state index contributed by atoms with van der Waals surface area (Å²) in [5.74, 6) is -0.928. The van der Waals surface area contributed by atoms with Crippen LogP contribution in [-0.4, -0.2) is 18.2 Å². The Labute approximate surface area is 122 Å². The number of ether oxygens (including phenoxy) is 1. The Morgan fingerprint density at radius 2 is 2.00 bits per heavy atom. The van der Waals surface area contributed by atoms with Gasteiger partial charge in [-0.05, 0) is 37.3 Å². The third kappa shape index (κ3) is 3.31. The first-order valence-corrected chi connectivity index (χ1v) is 6.45. The molecule has 2 N–H and O–H groups in total. The predicted octanol–water partition coefficient (Wildman–Crippen LogP) is 3.71. The van der Waals surface area contributed by atoms with Gasteiger partial charge in [-0.25, -0.2) is 9.18 Å². The van der Waals surface area contributed by atoms with Gasteiger partial charge in [0.1, 0.15) is 11.6 Å².